The van der Waals surface area contributed by atoms with Crippen molar-refractivity contribution >= 4 is 32.7 Å². The number of carbonyl (C=O) groups excluding carboxylic acids is 1. The lowest BCUT2D eigenvalue weighted by Gasteiger charge is -2.22. The Balaban J connectivity index is 2.22. The van der Waals surface area contributed by atoms with Gasteiger partial charge in [0.25, 0.3) is 0 Å². The molecule has 0 aromatic rings. The number of carbonyl (C=O) groups is 1. The molecule has 0 saturated carbocycles. The van der Waals surface area contributed by atoms with Gasteiger partial charge in [-0.1, -0.05) is 18.7 Å². The SMILES string of the molecule is CCC(=O)N=C1SC2CS(=O)(=O)CC2N1CC. The van der Waals surface area contributed by atoms with Crippen LogP contribution in [0.25, 0.3) is 0 Å². The molecule has 0 radical (unpaired) electrons. The number of sulfone groups is 1. The van der Waals surface area contributed by atoms with Gasteiger partial charge in [-0.25, -0.2) is 8.42 Å². The normalized spacial score (nSPS) is 33.1. The van der Waals surface area contributed by atoms with E-state index in [4.69, 9.17) is 0 Å². The van der Waals surface area contributed by atoms with Gasteiger partial charge in [-0.2, -0.15) is 4.99 Å². The molecule has 0 spiro atoms. The highest BCUT2D eigenvalue weighted by molar-refractivity contribution is 8.15. The van der Waals surface area contributed by atoms with Crippen molar-refractivity contribution in [2.24, 2.45) is 4.99 Å². The molecule has 7 heteroatoms. The zero-order valence-corrected chi connectivity index (χ0v) is 11.6. The highest BCUT2D eigenvalue weighted by Gasteiger charge is 2.48. The van der Waals surface area contributed by atoms with Crippen LogP contribution in [0.1, 0.15) is 20.3 Å². The highest BCUT2D eigenvalue weighted by atomic mass is 32.2. The van der Waals surface area contributed by atoms with Crippen LogP contribution in [0.5, 0.6) is 0 Å². The summed E-state index contributed by atoms with van der Waals surface area (Å²) < 4.78 is 23.1. The molecule has 0 aromatic carbocycles. The molecule has 2 unspecified atom stereocenters. The molecular weight excluding hydrogens is 260 g/mol. The molecule has 2 saturated heterocycles. The Morgan fingerprint density at radius 1 is 1.47 bits per heavy atom. The van der Waals surface area contributed by atoms with E-state index in [1.807, 2.05) is 11.8 Å². The third-order valence-corrected chi connectivity index (χ3v) is 6.29. The van der Waals surface area contributed by atoms with Gasteiger partial charge in [0.15, 0.2) is 15.0 Å². The van der Waals surface area contributed by atoms with Gasteiger partial charge in [-0.15, -0.1) is 0 Å². The van der Waals surface area contributed by atoms with Crippen LogP contribution < -0.4 is 0 Å². The van der Waals surface area contributed by atoms with E-state index < -0.39 is 9.84 Å². The molecule has 2 atom stereocenters. The average Bonchev–Trinajstić information content (AvgIpc) is 2.68. The molecule has 5 nitrogen and oxygen atoms in total. The second-order valence-electron chi connectivity index (χ2n) is 4.23. The first-order valence-electron chi connectivity index (χ1n) is 5.72. The number of amidine groups is 1. The van der Waals surface area contributed by atoms with Crippen molar-refractivity contribution in [3.05, 3.63) is 0 Å². The lowest BCUT2D eigenvalue weighted by Crippen LogP contribution is -2.37. The van der Waals surface area contributed by atoms with Gasteiger partial charge >= 0.3 is 0 Å². The summed E-state index contributed by atoms with van der Waals surface area (Å²) in [6.07, 6.45) is 0.384. The number of aliphatic imine (C=N–C) groups is 1. The third kappa shape index (κ3) is 2.49. The number of thioether (sulfide) groups is 1. The lowest BCUT2D eigenvalue weighted by atomic mass is 10.2. The van der Waals surface area contributed by atoms with Gasteiger partial charge in [-0.3, -0.25) is 4.79 Å². The fourth-order valence-electron chi connectivity index (χ4n) is 2.19. The molecule has 2 heterocycles. The Labute approximate surface area is 106 Å². The molecule has 0 bridgehead atoms. The Kier molecular flexibility index (Phi) is 3.49. The number of nitrogens with zero attached hydrogens (tertiary/aromatic N) is 2. The van der Waals surface area contributed by atoms with Crippen LogP contribution in [-0.4, -0.2) is 53.7 Å². The minimum absolute atomic E-state index is 0.00148. The number of fused-ring (bicyclic) bond motifs is 1. The third-order valence-electron chi connectivity index (χ3n) is 3.04. The zero-order chi connectivity index (χ0) is 12.6. The first-order chi connectivity index (χ1) is 7.96. The van der Waals surface area contributed by atoms with E-state index in [0.717, 1.165) is 0 Å². The molecular formula is C10H16N2O3S2. The molecule has 17 heavy (non-hydrogen) atoms. The van der Waals surface area contributed by atoms with Gasteiger partial charge in [0.05, 0.1) is 17.5 Å². The van der Waals surface area contributed by atoms with Crippen molar-refractivity contribution in [1.29, 1.82) is 0 Å². The molecule has 2 aliphatic heterocycles. The summed E-state index contributed by atoms with van der Waals surface area (Å²) in [5.41, 5.74) is 0. The second-order valence-corrected chi connectivity index (χ2v) is 7.59. The first kappa shape index (κ1) is 12.9. The van der Waals surface area contributed by atoms with Crippen LogP contribution in [0.3, 0.4) is 0 Å². The molecule has 2 rings (SSSR count). The molecule has 0 N–H and O–H groups in total. The average molecular weight is 276 g/mol. The van der Waals surface area contributed by atoms with Gasteiger partial charge < -0.3 is 4.90 Å². The summed E-state index contributed by atoms with van der Waals surface area (Å²) in [6.45, 7) is 4.42. The van der Waals surface area contributed by atoms with E-state index in [1.165, 1.54) is 11.8 Å². The van der Waals surface area contributed by atoms with Crippen LogP contribution in [0.15, 0.2) is 4.99 Å². The van der Waals surface area contributed by atoms with E-state index >= 15 is 0 Å². The van der Waals surface area contributed by atoms with Crippen molar-refractivity contribution in [3.63, 3.8) is 0 Å². The maximum Gasteiger partial charge on any atom is 0.247 e. The number of hydrogen-bond donors (Lipinski definition) is 0. The van der Waals surface area contributed by atoms with Crippen LogP contribution in [-0.2, 0) is 14.6 Å². The maximum absolute atomic E-state index is 11.5. The number of rotatable bonds is 2. The Morgan fingerprint density at radius 2 is 2.18 bits per heavy atom. The van der Waals surface area contributed by atoms with Gasteiger partial charge in [-0.05, 0) is 6.92 Å². The van der Waals surface area contributed by atoms with Crippen LogP contribution >= 0.6 is 11.8 Å². The topological polar surface area (TPSA) is 66.8 Å². The van der Waals surface area contributed by atoms with Crippen molar-refractivity contribution in [2.75, 3.05) is 18.1 Å². The minimum atomic E-state index is -2.91. The molecule has 96 valence electrons. The smallest absolute Gasteiger partial charge is 0.247 e. The standard InChI is InChI=1S/C10H16N2O3S2/c1-3-9(13)11-10-12(4-2)7-5-17(14,15)6-8(7)16-10/h7-8H,3-6H2,1-2H3. The van der Waals surface area contributed by atoms with Gasteiger partial charge in [0.1, 0.15) is 0 Å². The van der Waals surface area contributed by atoms with Gasteiger partial charge in [0, 0.05) is 18.2 Å². The van der Waals surface area contributed by atoms with Crippen LogP contribution in [0.2, 0.25) is 0 Å². The Bertz CT molecular complexity index is 458. The van der Waals surface area contributed by atoms with Crippen molar-refractivity contribution < 1.29 is 13.2 Å². The molecule has 2 fully saturated rings. The summed E-state index contributed by atoms with van der Waals surface area (Å²) in [6, 6.07) is -0.00148. The zero-order valence-electron chi connectivity index (χ0n) is 9.92. The van der Waals surface area contributed by atoms with Crippen LogP contribution in [0.4, 0.5) is 0 Å². The van der Waals surface area contributed by atoms with Crippen molar-refractivity contribution in [1.82, 2.24) is 4.90 Å². The molecule has 0 aliphatic carbocycles. The predicted molar refractivity (Wildman–Crippen MR) is 68.9 cm³/mol. The van der Waals surface area contributed by atoms with E-state index in [9.17, 15) is 13.2 Å². The second kappa shape index (κ2) is 4.61. The molecule has 0 aromatic heterocycles. The fraction of sp³-hybridized carbons (Fsp3) is 0.800. The quantitative estimate of drug-likeness (QED) is 0.735. The lowest BCUT2D eigenvalue weighted by molar-refractivity contribution is -0.117. The van der Waals surface area contributed by atoms with Crippen molar-refractivity contribution in [2.45, 2.75) is 31.6 Å². The highest BCUT2D eigenvalue weighted by Crippen LogP contribution is 2.37. The molecule has 2 aliphatic rings. The Hall–Kier alpha value is -0.560. The summed E-state index contributed by atoms with van der Waals surface area (Å²) >= 11 is 1.44. The summed E-state index contributed by atoms with van der Waals surface area (Å²) in [5.74, 6) is 0.254. The number of amides is 1. The fourth-order valence-corrected chi connectivity index (χ4v) is 6.22. The summed E-state index contributed by atoms with van der Waals surface area (Å²) in [7, 11) is -2.91. The van der Waals surface area contributed by atoms with E-state index in [0.29, 0.717) is 18.1 Å². The molecule has 1 amide bonds. The van der Waals surface area contributed by atoms with Crippen LogP contribution in [0, 0.1) is 0 Å². The van der Waals surface area contributed by atoms with E-state index in [2.05, 4.69) is 4.99 Å². The van der Waals surface area contributed by atoms with Crippen molar-refractivity contribution in [3.8, 4) is 0 Å². The Morgan fingerprint density at radius 3 is 2.76 bits per heavy atom. The predicted octanol–water partition coefficient (Wildman–Crippen LogP) is 0.513. The van der Waals surface area contributed by atoms with E-state index in [-0.39, 0.29) is 28.7 Å². The van der Waals surface area contributed by atoms with Gasteiger partial charge in [0.2, 0.25) is 5.91 Å². The largest absolute Gasteiger partial charge is 0.346 e. The number of hydrogen-bond acceptors (Lipinski definition) is 4. The minimum Gasteiger partial charge on any atom is -0.346 e. The first-order valence-corrected chi connectivity index (χ1v) is 8.42. The summed E-state index contributed by atoms with van der Waals surface area (Å²) in [5, 5.41) is 0.743. The monoisotopic (exact) mass is 276 g/mol. The summed E-state index contributed by atoms with van der Waals surface area (Å²) in [4.78, 5) is 17.3. The maximum atomic E-state index is 11.5. The van der Waals surface area contributed by atoms with E-state index in [1.54, 1.807) is 6.92 Å².